The molecule has 0 atom stereocenters. The van der Waals surface area contributed by atoms with Gasteiger partial charge in [-0.15, -0.1) is 0 Å². The summed E-state index contributed by atoms with van der Waals surface area (Å²) in [5, 5.41) is 0. The zero-order valence-corrected chi connectivity index (χ0v) is 11.3. The maximum atomic E-state index is 13.9. The minimum Gasteiger partial charge on any atom is -0.494 e. The molecule has 0 amide bonds. The lowest BCUT2D eigenvalue weighted by Crippen LogP contribution is -1.98. The first kappa shape index (κ1) is 12.8. The summed E-state index contributed by atoms with van der Waals surface area (Å²) >= 11 is 5.19. The van der Waals surface area contributed by atoms with Crippen molar-refractivity contribution in [1.82, 2.24) is 9.55 Å². The van der Waals surface area contributed by atoms with Crippen LogP contribution in [0, 0.1) is 16.4 Å². The van der Waals surface area contributed by atoms with Crippen LogP contribution in [0.15, 0.2) is 36.4 Å². The van der Waals surface area contributed by atoms with E-state index in [1.807, 2.05) is 0 Å². The number of ether oxygens (including phenoxy) is 1. The van der Waals surface area contributed by atoms with Crippen LogP contribution in [-0.2, 0) is 0 Å². The Kier molecular flexibility index (Phi) is 3.02. The number of para-hydroxylation sites is 1. The molecular weight excluding hydrogens is 282 g/mol. The van der Waals surface area contributed by atoms with Crippen molar-refractivity contribution in [2.45, 2.75) is 0 Å². The van der Waals surface area contributed by atoms with Gasteiger partial charge in [0.05, 0.1) is 23.8 Å². The molecule has 2 aromatic carbocycles. The molecule has 0 radical (unpaired) electrons. The number of nitrogens with one attached hydrogen (secondary N) is 1. The topological polar surface area (TPSA) is 29.9 Å². The predicted octanol–water partition coefficient (Wildman–Crippen LogP) is 3.97. The molecule has 0 fully saturated rings. The maximum absolute atomic E-state index is 13.9. The number of imidazole rings is 1. The lowest BCUT2D eigenvalue weighted by molar-refractivity contribution is 0.387. The van der Waals surface area contributed by atoms with Gasteiger partial charge in [0.2, 0.25) is 0 Å². The number of halogens is 2. The standard InChI is InChI=1S/C14H10F2N2OS/c1-19-13-7-12-10(6-9(13)16)17-14(20)18(12)11-5-3-2-4-8(11)15/h2-7H,1H3,(H,17,20). The Balaban J connectivity index is 2.39. The third-order valence-corrected chi connectivity index (χ3v) is 3.33. The molecule has 0 saturated carbocycles. The number of methoxy groups -OCH3 is 1. The number of hydrogen-bond acceptors (Lipinski definition) is 2. The second-order valence-electron chi connectivity index (χ2n) is 4.22. The van der Waals surface area contributed by atoms with E-state index in [2.05, 4.69) is 4.98 Å². The van der Waals surface area contributed by atoms with E-state index in [4.69, 9.17) is 17.0 Å². The number of benzene rings is 2. The molecule has 0 aliphatic rings. The second-order valence-corrected chi connectivity index (χ2v) is 4.61. The van der Waals surface area contributed by atoms with E-state index in [0.717, 1.165) is 0 Å². The molecule has 0 spiro atoms. The summed E-state index contributed by atoms with van der Waals surface area (Å²) < 4.78 is 34.4. The number of rotatable bonds is 2. The third-order valence-electron chi connectivity index (χ3n) is 3.05. The molecule has 0 bridgehead atoms. The Morgan fingerprint density at radius 3 is 2.60 bits per heavy atom. The van der Waals surface area contributed by atoms with Gasteiger partial charge in [-0.25, -0.2) is 8.78 Å². The van der Waals surface area contributed by atoms with Crippen molar-refractivity contribution in [3.63, 3.8) is 0 Å². The van der Waals surface area contributed by atoms with Gasteiger partial charge in [-0.1, -0.05) is 12.1 Å². The highest BCUT2D eigenvalue weighted by molar-refractivity contribution is 7.71. The molecule has 0 aliphatic carbocycles. The van der Waals surface area contributed by atoms with Crippen LogP contribution in [-0.4, -0.2) is 16.7 Å². The first-order valence-corrected chi connectivity index (χ1v) is 6.26. The Labute approximate surface area is 118 Å². The van der Waals surface area contributed by atoms with Gasteiger partial charge in [0.1, 0.15) is 5.82 Å². The fourth-order valence-corrected chi connectivity index (χ4v) is 2.44. The molecule has 0 unspecified atom stereocenters. The number of hydrogen-bond donors (Lipinski definition) is 1. The molecule has 3 nitrogen and oxygen atoms in total. The molecule has 1 aromatic heterocycles. The van der Waals surface area contributed by atoms with Gasteiger partial charge in [-0.05, 0) is 24.4 Å². The van der Waals surface area contributed by atoms with Crippen LogP contribution in [0.25, 0.3) is 16.7 Å². The molecule has 1 heterocycles. The third kappa shape index (κ3) is 1.89. The zero-order chi connectivity index (χ0) is 14.3. The van der Waals surface area contributed by atoms with Crippen LogP contribution in [0.1, 0.15) is 0 Å². The second kappa shape index (κ2) is 4.72. The number of H-pyrrole nitrogens is 1. The van der Waals surface area contributed by atoms with Crippen molar-refractivity contribution in [1.29, 1.82) is 0 Å². The van der Waals surface area contributed by atoms with E-state index in [9.17, 15) is 8.78 Å². The minimum absolute atomic E-state index is 0.0802. The van der Waals surface area contributed by atoms with E-state index in [-0.39, 0.29) is 10.5 Å². The van der Waals surface area contributed by atoms with Crippen molar-refractivity contribution in [3.05, 3.63) is 52.8 Å². The Morgan fingerprint density at radius 2 is 1.90 bits per heavy atom. The highest BCUT2D eigenvalue weighted by Gasteiger charge is 2.13. The Hall–Kier alpha value is -2.21. The van der Waals surface area contributed by atoms with Gasteiger partial charge < -0.3 is 9.72 Å². The average Bonchev–Trinajstić information content (AvgIpc) is 2.73. The number of aromatic amines is 1. The van der Waals surface area contributed by atoms with Gasteiger partial charge in [0, 0.05) is 12.1 Å². The van der Waals surface area contributed by atoms with Crippen molar-refractivity contribution in [2.75, 3.05) is 7.11 Å². The van der Waals surface area contributed by atoms with E-state index in [1.54, 1.807) is 18.2 Å². The average molecular weight is 292 g/mol. The smallest absolute Gasteiger partial charge is 0.182 e. The van der Waals surface area contributed by atoms with Crippen molar-refractivity contribution >= 4 is 23.3 Å². The summed E-state index contributed by atoms with van der Waals surface area (Å²) in [6, 6.07) is 9.02. The number of fused-ring (bicyclic) bond motifs is 1. The van der Waals surface area contributed by atoms with Crippen molar-refractivity contribution in [2.24, 2.45) is 0 Å². The monoisotopic (exact) mass is 292 g/mol. The lowest BCUT2D eigenvalue weighted by Gasteiger charge is -2.07. The van der Waals surface area contributed by atoms with Crippen LogP contribution in [0.5, 0.6) is 5.75 Å². The van der Waals surface area contributed by atoms with Crippen LogP contribution in [0.2, 0.25) is 0 Å². The summed E-state index contributed by atoms with van der Waals surface area (Å²) in [6.07, 6.45) is 0. The van der Waals surface area contributed by atoms with Crippen molar-refractivity contribution < 1.29 is 13.5 Å². The molecule has 0 aliphatic heterocycles. The van der Waals surface area contributed by atoms with E-state index in [0.29, 0.717) is 16.7 Å². The molecule has 3 aromatic rings. The SMILES string of the molecule is COc1cc2c(cc1F)[nH]c(=S)n2-c1ccccc1F. The fourth-order valence-electron chi connectivity index (χ4n) is 2.14. The quantitative estimate of drug-likeness (QED) is 0.724. The first-order chi connectivity index (χ1) is 9.61. The molecule has 3 rings (SSSR count). The van der Waals surface area contributed by atoms with Gasteiger partial charge in [0.25, 0.3) is 0 Å². The van der Waals surface area contributed by atoms with Crippen LogP contribution >= 0.6 is 12.2 Å². The van der Waals surface area contributed by atoms with E-state index >= 15 is 0 Å². The van der Waals surface area contributed by atoms with E-state index in [1.165, 1.54) is 29.9 Å². The lowest BCUT2D eigenvalue weighted by atomic mass is 10.2. The molecule has 20 heavy (non-hydrogen) atoms. The Bertz CT molecular complexity index is 854. The summed E-state index contributed by atoms with van der Waals surface area (Å²) in [5.74, 6) is -0.832. The van der Waals surface area contributed by atoms with Gasteiger partial charge in [-0.2, -0.15) is 0 Å². The maximum Gasteiger partial charge on any atom is 0.182 e. The Morgan fingerprint density at radius 1 is 1.15 bits per heavy atom. The van der Waals surface area contributed by atoms with Crippen LogP contribution in [0.4, 0.5) is 8.78 Å². The summed E-state index contributed by atoms with van der Waals surface area (Å²) in [5.41, 5.74) is 1.34. The fraction of sp³-hybridized carbons (Fsp3) is 0.0714. The summed E-state index contributed by atoms with van der Waals surface area (Å²) in [6.45, 7) is 0. The summed E-state index contributed by atoms with van der Waals surface area (Å²) in [4.78, 5) is 2.86. The van der Waals surface area contributed by atoms with Crippen molar-refractivity contribution in [3.8, 4) is 11.4 Å². The molecule has 6 heteroatoms. The normalized spacial score (nSPS) is 10.9. The zero-order valence-electron chi connectivity index (χ0n) is 10.5. The molecule has 0 saturated heterocycles. The first-order valence-electron chi connectivity index (χ1n) is 5.85. The molecule has 1 N–H and O–H groups in total. The largest absolute Gasteiger partial charge is 0.494 e. The molecule has 102 valence electrons. The predicted molar refractivity (Wildman–Crippen MR) is 74.9 cm³/mol. The number of nitrogens with zero attached hydrogens (tertiary/aromatic N) is 1. The van der Waals surface area contributed by atoms with Gasteiger partial charge in [-0.3, -0.25) is 4.57 Å². The minimum atomic E-state index is -0.503. The summed E-state index contributed by atoms with van der Waals surface area (Å²) in [7, 11) is 1.37. The van der Waals surface area contributed by atoms with E-state index < -0.39 is 11.6 Å². The highest BCUT2D eigenvalue weighted by atomic mass is 32.1. The van der Waals surface area contributed by atoms with Crippen LogP contribution < -0.4 is 4.74 Å². The highest BCUT2D eigenvalue weighted by Crippen LogP contribution is 2.27. The van der Waals surface area contributed by atoms with Gasteiger partial charge in [0.15, 0.2) is 16.3 Å². The van der Waals surface area contributed by atoms with Crippen LogP contribution in [0.3, 0.4) is 0 Å². The molecular formula is C14H10F2N2OS. The number of aromatic nitrogens is 2. The van der Waals surface area contributed by atoms with Gasteiger partial charge >= 0.3 is 0 Å².